The van der Waals surface area contributed by atoms with E-state index in [-0.39, 0.29) is 0 Å². The van der Waals surface area contributed by atoms with Crippen LogP contribution in [0.3, 0.4) is 0 Å². The van der Waals surface area contributed by atoms with Crippen molar-refractivity contribution in [3.05, 3.63) is 0 Å². The third kappa shape index (κ3) is 13.2. The van der Waals surface area contributed by atoms with E-state index < -0.39 is 7.75 Å². The van der Waals surface area contributed by atoms with Gasteiger partial charge in [-0.2, -0.15) is 0 Å². The van der Waals surface area contributed by atoms with Gasteiger partial charge in [0.05, 0.1) is 13.2 Å². The molecule has 0 amide bonds. The van der Waals surface area contributed by atoms with E-state index in [2.05, 4.69) is 41.5 Å². The summed E-state index contributed by atoms with van der Waals surface area (Å²) >= 11 is 0. The van der Waals surface area contributed by atoms with Gasteiger partial charge in [-0.25, -0.2) is 9.24 Å². The summed E-state index contributed by atoms with van der Waals surface area (Å²) < 4.78 is 28.4. The fraction of sp³-hybridized carbons (Fsp3) is 1.00. The van der Waals surface area contributed by atoms with E-state index >= 15 is 0 Å². The maximum Gasteiger partial charge on any atom is 0.408 e. The molecule has 2 unspecified atom stereocenters. The lowest BCUT2D eigenvalue weighted by Crippen LogP contribution is -2.27. The lowest BCUT2D eigenvalue weighted by Gasteiger charge is -2.32. The zero-order valence-corrected chi connectivity index (χ0v) is 21.5. The van der Waals surface area contributed by atoms with Gasteiger partial charge in [0.15, 0.2) is 0 Å². The van der Waals surface area contributed by atoms with Crippen LogP contribution < -0.4 is 0 Å². The molecule has 29 heavy (non-hydrogen) atoms. The van der Waals surface area contributed by atoms with Gasteiger partial charge in [-0.3, -0.25) is 9.05 Å². The van der Waals surface area contributed by atoms with Crippen LogP contribution in [-0.2, 0) is 13.6 Å². The van der Waals surface area contributed by atoms with Crippen LogP contribution in [0.4, 0.5) is 0 Å². The summed E-state index contributed by atoms with van der Waals surface area (Å²) in [6, 6.07) is 0. The van der Waals surface area contributed by atoms with Crippen LogP contribution in [0, 0.1) is 11.8 Å². The van der Waals surface area contributed by atoms with E-state index in [9.17, 15) is 4.57 Å². The molecule has 176 valence electrons. The second-order valence-electron chi connectivity index (χ2n) is 8.55. The van der Waals surface area contributed by atoms with E-state index in [1.54, 1.807) is 0 Å². The molecule has 0 aromatic rings. The second kappa shape index (κ2) is 18.8. The SMILES string of the molecule is CCCCC(CC)COP(=O)(OCC(CC)CCCC)N(CCCC)CCCC. The van der Waals surface area contributed by atoms with Gasteiger partial charge in [-0.1, -0.05) is 92.9 Å². The molecule has 0 aliphatic carbocycles. The second-order valence-corrected chi connectivity index (χ2v) is 10.6. The lowest BCUT2D eigenvalue weighted by molar-refractivity contribution is 0.116. The molecule has 0 spiro atoms. The Hall–Kier alpha value is 0.110. The maximum absolute atomic E-state index is 14.0. The molecule has 0 rings (SSSR count). The highest BCUT2D eigenvalue weighted by molar-refractivity contribution is 7.51. The third-order valence-electron chi connectivity index (χ3n) is 5.92. The molecular formula is C24H52NO3P. The van der Waals surface area contributed by atoms with Crippen molar-refractivity contribution in [1.82, 2.24) is 4.67 Å². The smallest absolute Gasteiger partial charge is 0.296 e. The van der Waals surface area contributed by atoms with Gasteiger partial charge >= 0.3 is 7.75 Å². The predicted molar refractivity (Wildman–Crippen MR) is 128 cm³/mol. The fourth-order valence-electron chi connectivity index (χ4n) is 3.43. The van der Waals surface area contributed by atoms with E-state index in [1.165, 1.54) is 25.7 Å². The number of hydrogen-bond donors (Lipinski definition) is 0. The highest BCUT2D eigenvalue weighted by Crippen LogP contribution is 2.53. The minimum Gasteiger partial charge on any atom is -0.296 e. The minimum absolute atomic E-state index is 0.466. The van der Waals surface area contributed by atoms with Crippen molar-refractivity contribution in [3.8, 4) is 0 Å². The summed E-state index contributed by atoms with van der Waals surface area (Å²) in [7, 11) is -3.25. The van der Waals surface area contributed by atoms with Crippen LogP contribution in [0.15, 0.2) is 0 Å². The summed E-state index contributed by atoms with van der Waals surface area (Å²) in [5.74, 6) is 0.932. The molecule has 0 fully saturated rings. The van der Waals surface area contributed by atoms with Crippen LogP contribution in [0.2, 0.25) is 0 Å². The predicted octanol–water partition coefficient (Wildman–Crippen LogP) is 8.46. The fourth-order valence-corrected chi connectivity index (χ4v) is 5.41. The van der Waals surface area contributed by atoms with Crippen molar-refractivity contribution in [2.45, 2.75) is 119 Å². The van der Waals surface area contributed by atoms with Crippen molar-refractivity contribution >= 4 is 7.75 Å². The Kier molecular flexibility index (Phi) is 18.9. The normalized spacial score (nSPS) is 16.1. The van der Waals surface area contributed by atoms with Crippen LogP contribution in [0.5, 0.6) is 0 Å². The minimum atomic E-state index is -3.25. The summed E-state index contributed by atoms with van der Waals surface area (Å²) in [4.78, 5) is 0. The first-order chi connectivity index (χ1) is 14.0. The molecular weight excluding hydrogens is 381 g/mol. The molecule has 0 saturated carbocycles. The van der Waals surface area contributed by atoms with Gasteiger partial charge in [-0.05, 0) is 37.5 Å². The summed E-state index contributed by atoms with van der Waals surface area (Å²) in [5, 5.41) is 0. The number of rotatable bonds is 21. The first-order valence-corrected chi connectivity index (χ1v) is 14.1. The monoisotopic (exact) mass is 433 g/mol. The van der Waals surface area contributed by atoms with Crippen molar-refractivity contribution in [1.29, 1.82) is 0 Å². The first kappa shape index (κ1) is 29.1. The summed E-state index contributed by atoms with van der Waals surface area (Å²) in [5.41, 5.74) is 0. The molecule has 0 N–H and O–H groups in total. The largest absolute Gasteiger partial charge is 0.408 e. The quantitative estimate of drug-likeness (QED) is 0.170. The Bertz CT molecular complexity index is 374. The van der Waals surface area contributed by atoms with Crippen molar-refractivity contribution in [2.75, 3.05) is 26.3 Å². The maximum atomic E-state index is 14.0. The van der Waals surface area contributed by atoms with E-state index in [1.807, 2.05) is 4.67 Å². The zero-order valence-electron chi connectivity index (χ0n) is 20.6. The van der Waals surface area contributed by atoms with Crippen LogP contribution in [-0.4, -0.2) is 31.0 Å². The third-order valence-corrected chi connectivity index (χ3v) is 7.96. The number of nitrogens with zero attached hydrogens (tertiary/aromatic N) is 1. The Labute approximate surface area is 183 Å². The Morgan fingerprint density at radius 3 is 1.34 bits per heavy atom. The number of hydrogen-bond acceptors (Lipinski definition) is 3. The standard InChI is InChI=1S/C24H52NO3P/c1-7-13-17-23(11-5)21-27-29(26,25(19-15-9-3)20-16-10-4)28-22-24(12-6)18-14-8-2/h23-24H,7-22H2,1-6H3. The van der Waals surface area contributed by atoms with Crippen molar-refractivity contribution < 1.29 is 13.6 Å². The van der Waals surface area contributed by atoms with Crippen molar-refractivity contribution in [3.63, 3.8) is 0 Å². The van der Waals surface area contributed by atoms with Crippen LogP contribution >= 0.6 is 7.75 Å². The molecule has 0 aromatic carbocycles. The molecule has 0 aromatic heterocycles. The molecule has 0 bridgehead atoms. The lowest BCUT2D eigenvalue weighted by atomic mass is 10.0. The molecule has 4 nitrogen and oxygen atoms in total. The molecule has 2 atom stereocenters. The topological polar surface area (TPSA) is 38.8 Å². The van der Waals surface area contributed by atoms with Gasteiger partial charge in [-0.15, -0.1) is 0 Å². The van der Waals surface area contributed by atoms with Crippen LogP contribution in [0.1, 0.15) is 119 Å². The highest BCUT2D eigenvalue weighted by atomic mass is 31.2. The average molecular weight is 434 g/mol. The number of unbranched alkanes of at least 4 members (excludes halogenated alkanes) is 4. The van der Waals surface area contributed by atoms with E-state index in [4.69, 9.17) is 9.05 Å². The molecule has 0 aliphatic rings. The van der Waals surface area contributed by atoms with Crippen LogP contribution in [0.25, 0.3) is 0 Å². The molecule has 0 saturated heterocycles. The Morgan fingerprint density at radius 2 is 1.03 bits per heavy atom. The Balaban J connectivity index is 5.24. The van der Waals surface area contributed by atoms with Crippen molar-refractivity contribution in [2.24, 2.45) is 11.8 Å². The first-order valence-electron chi connectivity index (χ1n) is 12.6. The molecule has 5 heteroatoms. The Morgan fingerprint density at radius 1 is 0.655 bits per heavy atom. The van der Waals surface area contributed by atoms with E-state index in [0.717, 1.165) is 64.5 Å². The van der Waals surface area contributed by atoms with E-state index in [0.29, 0.717) is 25.0 Å². The molecule has 0 radical (unpaired) electrons. The van der Waals surface area contributed by atoms with Gasteiger partial charge in [0.1, 0.15) is 0 Å². The zero-order chi connectivity index (χ0) is 22.0. The van der Waals surface area contributed by atoms with Gasteiger partial charge in [0.2, 0.25) is 0 Å². The van der Waals surface area contributed by atoms with Gasteiger partial charge < -0.3 is 0 Å². The highest BCUT2D eigenvalue weighted by Gasteiger charge is 2.34. The van der Waals surface area contributed by atoms with Gasteiger partial charge in [0, 0.05) is 13.1 Å². The molecule has 0 heterocycles. The summed E-state index contributed by atoms with van der Waals surface area (Å²) in [6.45, 7) is 15.9. The molecule has 0 aliphatic heterocycles. The summed E-state index contributed by atoms with van der Waals surface area (Å²) in [6.07, 6.45) is 13.5. The average Bonchev–Trinajstić information content (AvgIpc) is 2.74. The van der Waals surface area contributed by atoms with Gasteiger partial charge in [0.25, 0.3) is 0 Å².